The number of carboxylic acid groups (broad SMARTS) is 1. The molecule has 0 aromatic carbocycles. The first-order chi connectivity index (χ1) is 6.16. The molecule has 0 spiro atoms. The van der Waals surface area contributed by atoms with Crippen LogP contribution in [-0.4, -0.2) is 11.1 Å². The molecule has 0 saturated carbocycles. The van der Waals surface area contributed by atoms with Crippen LogP contribution in [0.1, 0.15) is 33.1 Å². The van der Waals surface area contributed by atoms with Crippen molar-refractivity contribution in [3.05, 3.63) is 23.3 Å². The van der Waals surface area contributed by atoms with Gasteiger partial charge in [0.25, 0.3) is 0 Å². The molecule has 1 unspecified atom stereocenters. The molecule has 0 amide bonds. The molecule has 2 nitrogen and oxygen atoms in total. The molecule has 0 aromatic rings. The van der Waals surface area contributed by atoms with Gasteiger partial charge in [0.2, 0.25) is 0 Å². The largest absolute Gasteiger partial charge is 0.481 e. The summed E-state index contributed by atoms with van der Waals surface area (Å²) in [6.07, 6.45) is 6.54. The van der Waals surface area contributed by atoms with E-state index in [-0.39, 0.29) is 5.92 Å². The van der Waals surface area contributed by atoms with E-state index in [0.717, 1.165) is 24.8 Å². The van der Waals surface area contributed by atoms with Crippen molar-refractivity contribution in [2.45, 2.75) is 33.1 Å². The van der Waals surface area contributed by atoms with Gasteiger partial charge in [0.05, 0.1) is 5.92 Å². The predicted octanol–water partition coefficient (Wildman–Crippen LogP) is 2.76. The van der Waals surface area contributed by atoms with Gasteiger partial charge in [-0.3, -0.25) is 4.79 Å². The zero-order valence-corrected chi connectivity index (χ0v) is 8.21. The Morgan fingerprint density at radius 2 is 2.38 bits per heavy atom. The maximum atomic E-state index is 10.9. The van der Waals surface area contributed by atoms with Crippen molar-refractivity contribution >= 4 is 5.97 Å². The summed E-state index contributed by atoms with van der Waals surface area (Å²) in [5.74, 6) is -0.896. The van der Waals surface area contributed by atoms with E-state index in [1.807, 2.05) is 26.0 Å². The van der Waals surface area contributed by atoms with Crippen LogP contribution in [0.15, 0.2) is 23.3 Å². The summed E-state index contributed by atoms with van der Waals surface area (Å²) in [6.45, 7) is 4.00. The predicted molar refractivity (Wildman–Crippen MR) is 52.5 cm³/mol. The Labute approximate surface area is 79.0 Å². The lowest BCUT2D eigenvalue weighted by molar-refractivity contribution is -0.140. The summed E-state index contributed by atoms with van der Waals surface area (Å²) in [4.78, 5) is 10.9. The topological polar surface area (TPSA) is 37.3 Å². The van der Waals surface area contributed by atoms with Gasteiger partial charge in [0, 0.05) is 0 Å². The van der Waals surface area contributed by atoms with Crippen molar-refractivity contribution in [3.63, 3.8) is 0 Å². The summed E-state index contributed by atoms with van der Waals surface area (Å²) >= 11 is 0. The third kappa shape index (κ3) is 2.20. The minimum absolute atomic E-state index is 0.226. The molecule has 0 bridgehead atoms. The molecule has 1 atom stereocenters. The molecular formula is C11H16O2. The molecule has 0 radical (unpaired) electrons. The molecule has 1 rings (SSSR count). The SMILES string of the molecule is CC=CCC1=C(C)CCC1C(=O)O. The fourth-order valence-corrected chi connectivity index (χ4v) is 1.83. The van der Waals surface area contributed by atoms with Crippen molar-refractivity contribution in [1.29, 1.82) is 0 Å². The first-order valence-corrected chi connectivity index (χ1v) is 4.69. The van der Waals surface area contributed by atoms with Crippen molar-refractivity contribution < 1.29 is 9.90 Å². The number of carboxylic acids is 1. The minimum atomic E-state index is -0.670. The van der Waals surface area contributed by atoms with Gasteiger partial charge in [-0.25, -0.2) is 0 Å². The summed E-state index contributed by atoms with van der Waals surface area (Å²) in [5, 5.41) is 8.94. The Morgan fingerprint density at radius 1 is 1.69 bits per heavy atom. The van der Waals surface area contributed by atoms with E-state index in [1.165, 1.54) is 5.57 Å². The lowest BCUT2D eigenvalue weighted by atomic mass is 9.98. The lowest BCUT2D eigenvalue weighted by Gasteiger charge is -2.08. The van der Waals surface area contributed by atoms with Crippen LogP contribution in [0.3, 0.4) is 0 Å². The molecule has 0 aliphatic heterocycles. The highest BCUT2D eigenvalue weighted by Crippen LogP contribution is 2.34. The standard InChI is InChI=1S/C11H16O2/c1-3-4-5-9-8(2)6-7-10(9)11(12)13/h3-4,10H,5-7H2,1-2H3,(H,12,13). The van der Waals surface area contributed by atoms with E-state index >= 15 is 0 Å². The van der Waals surface area contributed by atoms with E-state index in [9.17, 15) is 4.79 Å². The summed E-state index contributed by atoms with van der Waals surface area (Å²) < 4.78 is 0. The number of hydrogen-bond donors (Lipinski definition) is 1. The summed E-state index contributed by atoms with van der Waals surface area (Å²) in [6, 6.07) is 0. The highest BCUT2D eigenvalue weighted by Gasteiger charge is 2.27. The van der Waals surface area contributed by atoms with Gasteiger partial charge in [-0.1, -0.05) is 23.3 Å². The van der Waals surface area contributed by atoms with Crippen LogP contribution in [0, 0.1) is 5.92 Å². The summed E-state index contributed by atoms with van der Waals surface area (Å²) in [7, 11) is 0. The van der Waals surface area contributed by atoms with Crippen molar-refractivity contribution in [2.24, 2.45) is 5.92 Å². The Morgan fingerprint density at radius 3 is 2.92 bits per heavy atom. The zero-order valence-electron chi connectivity index (χ0n) is 8.21. The normalized spacial score (nSPS) is 23.1. The molecule has 0 saturated heterocycles. The van der Waals surface area contributed by atoms with E-state index in [1.54, 1.807) is 0 Å². The molecule has 72 valence electrons. The molecule has 0 aromatic heterocycles. The number of allylic oxidation sites excluding steroid dienone is 3. The van der Waals surface area contributed by atoms with Gasteiger partial charge in [0.15, 0.2) is 0 Å². The van der Waals surface area contributed by atoms with Crippen LogP contribution < -0.4 is 0 Å². The fourth-order valence-electron chi connectivity index (χ4n) is 1.83. The van der Waals surface area contributed by atoms with Gasteiger partial charge in [-0.2, -0.15) is 0 Å². The number of hydrogen-bond acceptors (Lipinski definition) is 1. The number of aliphatic carboxylic acids is 1. The van der Waals surface area contributed by atoms with Crippen LogP contribution in [0.4, 0.5) is 0 Å². The maximum Gasteiger partial charge on any atom is 0.310 e. The van der Waals surface area contributed by atoms with Crippen LogP contribution in [0.25, 0.3) is 0 Å². The zero-order chi connectivity index (χ0) is 9.84. The van der Waals surface area contributed by atoms with Crippen LogP contribution in [0.5, 0.6) is 0 Å². The monoisotopic (exact) mass is 180 g/mol. The molecule has 0 fully saturated rings. The molecule has 1 aliphatic rings. The first-order valence-electron chi connectivity index (χ1n) is 4.69. The second-order valence-electron chi connectivity index (χ2n) is 3.51. The molecular weight excluding hydrogens is 164 g/mol. The van der Waals surface area contributed by atoms with Crippen LogP contribution >= 0.6 is 0 Å². The van der Waals surface area contributed by atoms with Gasteiger partial charge < -0.3 is 5.11 Å². The molecule has 0 heterocycles. The van der Waals surface area contributed by atoms with Crippen LogP contribution in [0.2, 0.25) is 0 Å². The van der Waals surface area contributed by atoms with Crippen molar-refractivity contribution in [1.82, 2.24) is 0 Å². The fraction of sp³-hybridized carbons (Fsp3) is 0.545. The Bertz CT molecular complexity index is 261. The van der Waals surface area contributed by atoms with Crippen molar-refractivity contribution in [2.75, 3.05) is 0 Å². The number of rotatable bonds is 3. The third-order valence-corrected chi connectivity index (χ3v) is 2.65. The Balaban J connectivity index is 2.75. The maximum absolute atomic E-state index is 10.9. The van der Waals surface area contributed by atoms with Crippen LogP contribution in [-0.2, 0) is 4.79 Å². The summed E-state index contributed by atoms with van der Waals surface area (Å²) in [5.41, 5.74) is 2.39. The molecule has 1 N–H and O–H groups in total. The van der Waals surface area contributed by atoms with Gasteiger partial charge >= 0.3 is 5.97 Å². The van der Waals surface area contributed by atoms with Gasteiger partial charge in [-0.15, -0.1) is 0 Å². The highest BCUT2D eigenvalue weighted by molar-refractivity contribution is 5.74. The molecule has 13 heavy (non-hydrogen) atoms. The Kier molecular flexibility index (Phi) is 3.29. The minimum Gasteiger partial charge on any atom is -0.481 e. The third-order valence-electron chi connectivity index (χ3n) is 2.65. The van der Waals surface area contributed by atoms with Crippen molar-refractivity contribution in [3.8, 4) is 0 Å². The average molecular weight is 180 g/mol. The highest BCUT2D eigenvalue weighted by atomic mass is 16.4. The van der Waals surface area contributed by atoms with Gasteiger partial charge in [-0.05, 0) is 33.1 Å². The first kappa shape index (κ1) is 10.0. The Hall–Kier alpha value is -1.05. The van der Waals surface area contributed by atoms with E-state index in [4.69, 9.17) is 5.11 Å². The molecule has 1 aliphatic carbocycles. The second-order valence-corrected chi connectivity index (χ2v) is 3.51. The van der Waals surface area contributed by atoms with E-state index in [0.29, 0.717) is 0 Å². The van der Waals surface area contributed by atoms with Gasteiger partial charge in [0.1, 0.15) is 0 Å². The lowest BCUT2D eigenvalue weighted by Crippen LogP contribution is -2.12. The van der Waals surface area contributed by atoms with E-state index in [2.05, 4.69) is 0 Å². The smallest absolute Gasteiger partial charge is 0.310 e. The quantitative estimate of drug-likeness (QED) is 0.678. The second kappa shape index (κ2) is 4.26. The average Bonchev–Trinajstić information content (AvgIpc) is 2.43. The molecule has 2 heteroatoms. The van der Waals surface area contributed by atoms with E-state index < -0.39 is 5.97 Å². The number of carbonyl (C=O) groups is 1.